The van der Waals surface area contributed by atoms with E-state index in [2.05, 4.69) is 26.2 Å². The molecular formula is C12H9BrCl2N2O. The van der Waals surface area contributed by atoms with Crippen molar-refractivity contribution in [3.8, 4) is 5.75 Å². The molecule has 94 valence electrons. The Morgan fingerprint density at radius 1 is 1.17 bits per heavy atom. The van der Waals surface area contributed by atoms with Crippen molar-refractivity contribution in [1.29, 1.82) is 0 Å². The van der Waals surface area contributed by atoms with Crippen LogP contribution < -0.4 is 5.32 Å². The highest BCUT2D eigenvalue weighted by Gasteiger charge is 2.06. The molecule has 0 saturated heterocycles. The number of phenols is 1. The van der Waals surface area contributed by atoms with Gasteiger partial charge in [0.25, 0.3) is 0 Å². The number of aromatic nitrogens is 1. The van der Waals surface area contributed by atoms with Crippen LogP contribution in [0.1, 0.15) is 5.56 Å². The first kappa shape index (κ1) is 13.5. The number of pyridine rings is 1. The van der Waals surface area contributed by atoms with Crippen molar-refractivity contribution in [1.82, 2.24) is 4.98 Å². The lowest BCUT2D eigenvalue weighted by molar-refractivity contribution is 0.476. The fourth-order valence-electron chi connectivity index (χ4n) is 1.42. The number of anilines is 1. The Hall–Kier alpha value is -0.970. The Kier molecular flexibility index (Phi) is 4.32. The molecule has 0 amide bonds. The van der Waals surface area contributed by atoms with Gasteiger partial charge in [0.15, 0.2) is 5.75 Å². The molecule has 0 aliphatic carbocycles. The quantitative estimate of drug-likeness (QED) is 0.805. The molecule has 2 aromatic rings. The lowest BCUT2D eigenvalue weighted by Gasteiger charge is -2.09. The molecule has 3 nitrogen and oxygen atoms in total. The minimum Gasteiger partial charge on any atom is -0.505 e. The van der Waals surface area contributed by atoms with E-state index in [4.69, 9.17) is 23.2 Å². The van der Waals surface area contributed by atoms with Gasteiger partial charge in [-0.2, -0.15) is 0 Å². The summed E-state index contributed by atoms with van der Waals surface area (Å²) in [5, 5.41) is 13.0. The molecule has 1 heterocycles. The molecule has 1 aromatic carbocycles. The van der Waals surface area contributed by atoms with Crippen LogP contribution in [0, 0.1) is 0 Å². The van der Waals surface area contributed by atoms with E-state index in [0.29, 0.717) is 6.54 Å². The molecule has 0 aliphatic heterocycles. The largest absolute Gasteiger partial charge is 0.505 e. The molecule has 18 heavy (non-hydrogen) atoms. The predicted octanol–water partition coefficient (Wildman–Crippen LogP) is 4.47. The predicted molar refractivity (Wildman–Crippen MR) is 77.4 cm³/mol. The number of phenolic OH excluding ortho intramolecular Hbond substituents is 1. The van der Waals surface area contributed by atoms with Crippen molar-refractivity contribution >= 4 is 44.8 Å². The van der Waals surface area contributed by atoms with Crippen LogP contribution in [0.15, 0.2) is 35.1 Å². The zero-order chi connectivity index (χ0) is 13.1. The maximum absolute atomic E-state index is 9.44. The van der Waals surface area contributed by atoms with E-state index >= 15 is 0 Å². The molecule has 6 heteroatoms. The number of nitrogens with zero attached hydrogens (tertiary/aromatic N) is 1. The van der Waals surface area contributed by atoms with E-state index < -0.39 is 0 Å². The van der Waals surface area contributed by atoms with Crippen LogP contribution in [0.2, 0.25) is 10.0 Å². The number of nitrogens with one attached hydrogen (secondary N) is 1. The number of hydrogen-bond donors (Lipinski definition) is 2. The highest BCUT2D eigenvalue weighted by molar-refractivity contribution is 9.10. The molecule has 0 fully saturated rings. The molecular weight excluding hydrogens is 339 g/mol. The number of halogens is 3. The van der Waals surface area contributed by atoms with Crippen molar-refractivity contribution in [2.45, 2.75) is 6.54 Å². The minimum atomic E-state index is -0.104. The molecule has 0 bridgehead atoms. The fourth-order valence-corrected chi connectivity index (χ4v) is 2.32. The van der Waals surface area contributed by atoms with Gasteiger partial charge in [-0.05, 0) is 39.7 Å². The number of rotatable bonds is 3. The lowest BCUT2D eigenvalue weighted by Crippen LogP contribution is -1.99. The second-order valence-corrected chi connectivity index (χ2v) is 5.38. The van der Waals surface area contributed by atoms with E-state index in [-0.39, 0.29) is 15.8 Å². The summed E-state index contributed by atoms with van der Waals surface area (Å²) in [7, 11) is 0. The van der Waals surface area contributed by atoms with E-state index in [1.165, 1.54) is 0 Å². The molecule has 0 spiro atoms. The average Bonchev–Trinajstić information content (AvgIpc) is 2.33. The summed E-state index contributed by atoms with van der Waals surface area (Å²) in [5.74, 6) is -0.104. The first-order chi connectivity index (χ1) is 8.56. The molecule has 0 radical (unpaired) electrons. The van der Waals surface area contributed by atoms with Crippen molar-refractivity contribution in [2.75, 3.05) is 5.32 Å². The first-order valence-electron chi connectivity index (χ1n) is 5.07. The highest BCUT2D eigenvalue weighted by Crippen LogP contribution is 2.34. The molecule has 2 N–H and O–H groups in total. The molecule has 2 rings (SSSR count). The SMILES string of the molecule is Oc1c(Cl)cc(NCc2cncc(Br)c2)cc1Cl. The summed E-state index contributed by atoms with van der Waals surface area (Å²) in [6, 6.07) is 5.20. The van der Waals surface area contributed by atoms with Gasteiger partial charge in [-0.15, -0.1) is 0 Å². The number of hydrogen-bond acceptors (Lipinski definition) is 3. The van der Waals surface area contributed by atoms with Crippen LogP contribution in [0.3, 0.4) is 0 Å². The summed E-state index contributed by atoms with van der Waals surface area (Å²) >= 11 is 15.0. The van der Waals surface area contributed by atoms with Gasteiger partial charge in [-0.25, -0.2) is 0 Å². The van der Waals surface area contributed by atoms with Crippen LogP contribution in [0.25, 0.3) is 0 Å². The van der Waals surface area contributed by atoms with Gasteiger partial charge >= 0.3 is 0 Å². The normalized spacial score (nSPS) is 10.4. The van der Waals surface area contributed by atoms with Gasteiger partial charge in [0.1, 0.15) is 0 Å². The van der Waals surface area contributed by atoms with Gasteiger partial charge in [0, 0.05) is 29.1 Å². The van der Waals surface area contributed by atoms with Crippen molar-refractivity contribution in [3.05, 3.63) is 50.7 Å². The van der Waals surface area contributed by atoms with Gasteiger partial charge < -0.3 is 10.4 Å². The van der Waals surface area contributed by atoms with Crippen molar-refractivity contribution < 1.29 is 5.11 Å². The highest BCUT2D eigenvalue weighted by atomic mass is 79.9. The maximum atomic E-state index is 9.44. The van der Waals surface area contributed by atoms with Gasteiger partial charge in [-0.3, -0.25) is 4.98 Å². The summed E-state index contributed by atoms with van der Waals surface area (Å²) < 4.78 is 0.920. The fraction of sp³-hybridized carbons (Fsp3) is 0.0833. The van der Waals surface area contributed by atoms with E-state index in [1.54, 1.807) is 24.5 Å². The molecule has 0 unspecified atom stereocenters. The Balaban J connectivity index is 2.11. The third-order valence-corrected chi connectivity index (χ3v) is 3.28. The van der Waals surface area contributed by atoms with E-state index in [0.717, 1.165) is 15.7 Å². The standard InChI is InChI=1S/C12H9BrCl2N2O/c13-8-1-7(4-16-6-8)5-17-9-2-10(14)12(18)11(15)3-9/h1-4,6,17-18H,5H2. The Bertz CT molecular complexity index is 555. The van der Waals surface area contributed by atoms with Crippen LogP contribution >= 0.6 is 39.1 Å². The second kappa shape index (κ2) is 5.78. The van der Waals surface area contributed by atoms with Gasteiger partial charge in [0.05, 0.1) is 10.0 Å². The van der Waals surface area contributed by atoms with Crippen molar-refractivity contribution in [2.24, 2.45) is 0 Å². The lowest BCUT2D eigenvalue weighted by atomic mass is 10.2. The third-order valence-electron chi connectivity index (χ3n) is 2.28. The van der Waals surface area contributed by atoms with Crippen LogP contribution in [-0.4, -0.2) is 10.1 Å². The second-order valence-electron chi connectivity index (χ2n) is 3.65. The topological polar surface area (TPSA) is 45.1 Å². The molecule has 0 saturated carbocycles. The summed E-state index contributed by atoms with van der Waals surface area (Å²) in [6.07, 6.45) is 3.49. The van der Waals surface area contributed by atoms with Gasteiger partial charge in [-0.1, -0.05) is 23.2 Å². The van der Waals surface area contributed by atoms with Crippen molar-refractivity contribution in [3.63, 3.8) is 0 Å². The Morgan fingerprint density at radius 2 is 1.83 bits per heavy atom. The van der Waals surface area contributed by atoms with Crippen LogP contribution in [-0.2, 0) is 6.54 Å². The van der Waals surface area contributed by atoms with E-state index in [9.17, 15) is 5.11 Å². The monoisotopic (exact) mass is 346 g/mol. The number of benzene rings is 1. The number of aromatic hydroxyl groups is 1. The zero-order valence-corrected chi connectivity index (χ0v) is 12.2. The smallest absolute Gasteiger partial charge is 0.152 e. The molecule has 0 aliphatic rings. The van der Waals surface area contributed by atoms with E-state index in [1.807, 2.05) is 6.07 Å². The minimum absolute atomic E-state index is 0.104. The zero-order valence-electron chi connectivity index (χ0n) is 9.12. The van der Waals surface area contributed by atoms with Gasteiger partial charge in [0.2, 0.25) is 0 Å². The van der Waals surface area contributed by atoms with Crippen LogP contribution in [0.4, 0.5) is 5.69 Å². The summed E-state index contributed by atoms with van der Waals surface area (Å²) in [6.45, 7) is 0.587. The summed E-state index contributed by atoms with van der Waals surface area (Å²) in [5.41, 5.74) is 1.76. The first-order valence-corrected chi connectivity index (χ1v) is 6.62. The average molecular weight is 348 g/mol. The molecule has 0 atom stereocenters. The maximum Gasteiger partial charge on any atom is 0.152 e. The van der Waals surface area contributed by atoms with Crippen LogP contribution in [0.5, 0.6) is 5.75 Å². The Labute approximate surface area is 123 Å². The summed E-state index contributed by atoms with van der Waals surface area (Å²) in [4.78, 5) is 4.07. The third kappa shape index (κ3) is 3.28. The Morgan fingerprint density at radius 3 is 2.44 bits per heavy atom. The molecule has 1 aromatic heterocycles.